The Kier molecular flexibility index (Phi) is 10.3. The summed E-state index contributed by atoms with van der Waals surface area (Å²) >= 11 is 0. The van der Waals surface area contributed by atoms with Gasteiger partial charge in [-0.3, -0.25) is 14.4 Å². The zero-order valence-electron chi connectivity index (χ0n) is 25.3. The Morgan fingerprint density at radius 3 is 2.41 bits per heavy atom. The van der Waals surface area contributed by atoms with Crippen LogP contribution in [-0.2, 0) is 28.6 Å². The van der Waals surface area contributed by atoms with Gasteiger partial charge in [0.15, 0.2) is 0 Å². The van der Waals surface area contributed by atoms with Crippen LogP contribution in [0.2, 0.25) is 0 Å². The van der Waals surface area contributed by atoms with Crippen LogP contribution in [0, 0.1) is 23.2 Å². The molecule has 6 atom stereocenters. The van der Waals surface area contributed by atoms with Gasteiger partial charge in [-0.1, -0.05) is 44.6 Å². The largest absolute Gasteiger partial charge is 0.462 e. The maximum Gasteiger partial charge on any atom is 0.303 e. The van der Waals surface area contributed by atoms with Crippen LogP contribution >= 0.6 is 0 Å². The van der Waals surface area contributed by atoms with Crippen molar-refractivity contribution in [3.05, 3.63) is 35.5 Å². The first-order chi connectivity index (χ1) is 18.2. The van der Waals surface area contributed by atoms with Crippen molar-refractivity contribution in [2.75, 3.05) is 0 Å². The molecule has 218 valence electrons. The molecular weight excluding hydrogens is 492 g/mol. The molecule has 0 N–H and O–H groups in total. The fourth-order valence-electron chi connectivity index (χ4n) is 7.78. The van der Waals surface area contributed by atoms with E-state index in [1.165, 1.54) is 52.0 Å². The van der Waals surface area contributed by atoms with Crippen LogP contribution in [0.15, 0.2) is 35.5 Å². The van der Waals surface area contributed by atoms with Crippen LogP contribution < -0.4 is 0 Å². The second-order valence-electron chi connectivity index (χ2n) is 13.0. The first-order valence-corrected chi connectivity index (χ1v) is 14.8. The predicted molar refractivity (Wildman–Crippen MR) is 153 cm³/mol. The number of ether oxygens (including phenoxy) is 3. The first kappa shape index (κ1) is 31.2. The van der Waals surface area contributed by atoms with Gasteiger partial charge in [0.05, 0.1) is 0 Å². The average Bonchev–Trinajstić information content (AvgIpc) is 3.16. The highest BCUT2D eigenvalue weighted by molar-refractivity contribution is 5.67. The Balaban J connectivity index is 1.71. The number of esters is 3. The van der Waals surface area contributed by atoms with Gasteiger partial charge >= 0.3 is 17.9 Å². The summed E-state index contributed by atoms with van der Waals surface area (Å²) in [5.41, 5.74) is 3.19. The molecule has 6 nitrogen and oxygen atoms in total. The van der Waals surface area contributed by atoms with Crippen LogP contribution in [-0.4, -0.2) is 35.7 Å². The highest BCUT2D eigenvalue weighted by Gasteiger charge is 2.50. The molecule has 3 rings (SSSR count). The summed E-state index contributed by atoms with van der Waals surface area (Å²) in [6.07, 6.45) is 13.8. The van der Waals surface area contributed by atoms with Gasteiger partial charge in [0.2, 0.25) is 0 Å². The Morgan fingerprint density at radius 1 is 1.08 bits per heavy atom. The third-order valence-electron chi connectivity index (χ3n) is 9.45. The number of carbonyl (C=O) groups is 3. The van der Waals surface area contributed by atoms with Crippen LogP contribution in [0.1, 0.15) is 113 Å². The molecule has 0 aliphatic heterocycles. The normalized spacial score (nSPS) is 32.0. The monoisotopic (exact) mass is 542 g/mol. The van der Waals surface area contributed by atoms with Crippen molar-refractivity contribution >= 4 is 17.9 Å². The van der Waals surface area contributed by atoms with E-state index in [4.69, 9.17) is 14.2 Å². The van der Waals surface area contributed by atoms with E-state index in [0.717, 1.165) is 36.8 Å². The van der Waals surface area contributed by atoms with Gasteiger partial charge in [-0.25, -0.2) is 0 Å². The molecule has 0 bridgehead atoms. The lowest BCUT2D eigenvalue weighted by molar-refractivity contribution is -0.155. The van der Waals surface area contributed by atoms with E-state index in [1.807, 2.05) is 13.8 Å². The van der Waals surface area contributed by atoms with Crippen molar-refractivity contribution in [3.63, 3.8) is 0 Å². The van der Waals surface area contributed by atoms with Crippen molar-refractivity contribution < 1.29 is 28.6 Å². The molecule has 0 amide bonds. The summed E-state index contributed by atoms with van der Waals surface area (Å²) in [5.74, 6) is 0.983. The number of allylic oxidation sites excluding steroid dienone is 3. The number of carbonyl (C=O) groups excluding carboxylic acids is 3. The first-order valence-electron chi connectivity index (χ1n) is 14.8. The molecule has 0 saturated heterocycles. The van der Waals surface area contributed by atoms with Crippen molar-refractivity contribution in [3.8, 4) is 0 Å². The van der Waals surface area contributed by atoms with Gasteiger partial charge in [0, 0.05) is 33.6 Å². The highest BCUT2D eigenvalue weighted by atomic mass is 16.6. The van der Waals surface area contributed by atoms with Crippen molar-refractivity contribution in [2.24, 2.45) is 23.2 Å². The Bertz CT molecular complexity index is 1000. The zero-order chi connectivity index (χ0) is 29.0. The summed E-state index contributed by atoms with van der Waals surface area (Å²) in [5, 5.41) is 0. The van der Waals surface area contributed by atoms with E-state index in [9.17, 15) is 14.4 Å². The molecule has 0 radical (unpaired) electrons. The highest BCUT2D eigenvalue weighted by Crippen LogP contribution is 2.60. The third-order valence-corrected chi connectivity index (χ3v) is 9.45. The number of hydrogen-bond acceptors (Lipinski definition) is 6. The van der Waals surface area contributed by atoms with E-state index >= 15 is 0 Å². The van der Waals surface area contributed by atoms with E-state index < -0.39 is 11.7 Å². The van der Waals surface area contributed by atoms with E-state index in [0.29, 0.717) is 30.6 Å². The minimum Gasteiger partial charge on any atom is -0.462 e. The SMILES string of the molecule is C=C1/C(=C\C=C2CCC[C@@]3(C)C2CC[C@@H]3[C@H](C)CCCC(C)(C)OC(C)=O)C[C@@H](OC(C)=O)C[C@H]1OC(C)=O. The van der Waals surface area contributed by atoms with Gasteiger partial charge in [0.25, 0.3) is 0 Å². The van der Waals surface area contributed by atoms with Gasteiger partial charge < -0.3 is 14.2 Å². The van der Waals surface area contributed by atoms with Gasteiger partial charge in [-0.05, 0) is 93.1 Å². The van der Waals surface area contributed by atoms with Crippen LogP contribution in [0.5, 0.6) is 0 Å². The molecule has 6 heteroatoms. The molecule has 3 aliphatic rings. The molecule has 0 heterocycles. The lowest BCUT2D eigenvalue weighted by atomic mass is 9.60. The summed E-state index contributed by atoms with van der Waals surface area (Å²) in [4.78, 5) is 34.7. The molecule has 0 aromatic carbocycles. The zero-order valence-corrected chi connectivity index (χ0v) is 25.3. The molecule has 0 spiro atoms. The summed E-state index contributed by atoms with van der Waals surface area (Å²) < 4.78 is 16.5. The van der Waals surface area contributed by atoms with Gasteiger partial charge in [-0.2, -0.15) is 0 Å². The summed E-state index contributed by atoms with van der Waals surface area (Å²) in [6.45, 7) is 17.5. The molecule has 0 aromatic heterocycles. The standard InChI is InChI=1S/C33H50O6/c1-21(11-9-17-32(6,7)39-25(5)36)29-15-16-30-26(12-10-18-33(29,30)8)13-14-27-19-28(37-23(3)34)20-31(22(27)2)38-24(4)35/h13-14,21,28-31H,2,9-12,15-20H2,1,3-8H3/b26-13?,27-14-/t21-,28-,29-,30?,31-,33-/m1/s1. The van der Waals surface area contributed by atoms with Crippen molar-refractivity contribution in [1.82, 2.24) is 0 Å². The minimum absolute atomic E-state index is 0.212. The van der Waals surface area contributed by atoms with E-state index in [2.05, 4.69) is 32.6 Å². The molecule has 3 aliphatic carbocycles. The quantitative estimate of drug-likeness (QED) is 0.223. The molecule has 0 aromatic rings. The number of hydrogen-bond donors (Lipinski definition) is 0. The summed E-state index contributed by atoms with van der Waals surface area (Å²) in [7, 11) is 0. The third kappa shape index (κ3) is 8.08. The molecule has 39 heavy (non-hydrogen) atoms. The lowest BCUT2D eigenvalue weighted by Crippen LogP contribution is -2.36. The predicted octanol–water partition coefficient (Wildman–Crippen LogP) is 7.42. The maximum atomic E-state index is 11.7. The van der Waals surface area contributed by atoms with Gasteiger partial charge in [0.1, 0.15) is 17.8 Å². The molecule has 1 unspecified atom stereocenters. The minimum atomic E-state index is -0.468. The number of rotatable bonds is 9. The smallest absolute Gasteiger partial charge is 0.303 e. The number of fused-ring (bicyclic) bond motifs is 1. The van der Waals surface area contributed by atoms with Crippen LogP contribution in [0.3, 0.4) is 0 Å². The Labute approximate surface area is 235 Å². The Morgan fingerprint density at radius 2 is 1.77 bits per heavy atom. The second kappa shape index (κ2) is 12.9. The second-order valence-corrected chi connectivity index (χ2v) is 13.0. The average molecular weight is 543 g/mol. The fourth-order valence-corrected chi connectivity index (χ4v) is 7.78. The topological polar surface area (TPSA) is 78.9 Å². The van der Waals surface area contributed by atoms with Gasteiger partial charge in [-0.15, -0.1) is 0 Å². The molecule has 3 fully saturated rings. The summed E-state index contributed by atoms with van der Waals surface area (Å²) in [6, 6.07) is 0. The van der Waals surface area contributed by atoms with Crippen LogP contribution in [0.25, 0.3) is 0 Å². The molecule has 3 saturated carbocycles. The Hall–Kier alpha value is -2.37. The van der Waals surface area contributed by atoms with Crippen LogP contribution in [0.4, 0.5) is 0 Å². The maximum absolute atomic E-state index is 11.7. The van der Waals surface area contributed by atoms with E-state index in [-0.39, 0.29) is 29.4 Å². The van der Waals surface area contributed by atoms with Crippen molar-refractivity contribution in [2.45, 2.75) is 130 Å². The fraction of sp³-hybridized carbons (Fsp3) is 0.727. The molecular formula is C33H50O6. The van der Waals surface area contributed by atoms with E-state index in [1.54, 1.807) is 0 Å². The lowest BCUT2D eigenvalue weighted by Gasteiger charge is -2.44. The van der Waals surface area contributed by atoms with Crippen molar-refractivity contribution in [1.29, 1.82) is 0 Å².